The molecule has 1 heterocycles. The van der Waals surface area contributed by atoms with Crippen LogP contribution in [0.5, 0.6) is 0 Å². The maximum atomic E-state index is 13.1. The Balaban J connectivity index is 2.15. The number of rotatable bonds is 1. The number of carbonyl (C=O) groups is 1. The van der Waals surface area contributed by atoms with Crippen molar-refractivity contribution in [2.24, 2.45) is 5.41 Å². The van der Waals surface area contributed by atoms with Crippen LogP contribution in [0.4, 0.5) is 4.39 Å². The van der Waals surface area contributed by atoms with Crippen molar-refractivity contribution < 1.29 is 9.18 Å². The van der Waals surface area contributed by atoms with Crippen LogP contribution in [0.1, 0.15) is 26.1 Å². The summed E-state index contributed by atoms with van der Waals surface area (Å²) in [5.74, 6) is 0.474. The van der Waals surface area contributed by atoms with Crippen LogP contribution in [0.25, 0.3) is 16.6 Å². The molecule has 1 N–H and O–H groups in total. The maximum Gasteiger partial charge on any atom is 0.156 e. The first-order valence-electron chi connectivity index (χ1n) is 5.86. The van der Waals surface area contributed by atoms with E-state index in [1.807, 2.05) is 13.8 Å². The summed E-state index contributed by atoms with van der Waals surface area (Å²) in [5.41, 5.74) is 2.04. The Hall–Kier alpha value is -1.97. The van der Waals surface area contributed by atoms with E-state index < -0.39 is 0 Å². The Morgan fingerprint density at radius 1 is 1.39 bits per heavy atom. The fourth-order valence-electron chi connectivity index (χ4n) is 2.44. The predicted octanol–water partition coefficient (Wildman–Crippen LogP) is 3.08. The Kier molecular flexibility index (Phi) is 2.17. The lowest BCUT2D eigenvalue weighted by molar-refractivity contribution is -0.114. The van der Waals surface area contributed by atoms with Crippen molar-refractivity contribution in [2.75, 3.05) is 0 Å². The Morgan fingerprint density at radius 2 is 2.17 bits per heavy atom. The number of imidazole rings is 1. The van der Waals surface area contributed by atoms with E-state index in [4.69, 9.17) is 0 Å². The molecule has 0 saturated carbocycles. The third kappa shape index (κ3) is 1.65. The minimum atomic E-state index is -0.298. The fourth-order valence-corrected chi connectivity index (χ4v) is 2.44. The molecule has 92 valence electrons. The summed E-state index contributed by atoms with van der Waals surface area (Å²) in [7, 11) is 0. The molecular formula is C14H13FN2O. The van der Waals surface area contributed by atoms with Crippen molar-refractivity contribution in [2.45, 2.75) is 20.3 Å². The van der Waals surface area contributed by atoms with Gasteiger partial charge in [0.2, 0.25) is 0 Å². The number of ketones is 1. The monoisotopic (exact) mass is 244 g/mol. The molecule has 1 aromatic carbocycles. The van der Waals surface area contributed by atoms with Gasteiger partial charge in [0.25, 0.3) is 0 Å². The van der Waals surface area contributed by atoms with Crippen LogP contribution >= 0.6 is 0 Å². The van der Waals surface area contributed by atoms with Crippen molar-refractivity contribution in [3.63, 3.8) is 0 Å². The quantitative estimate of drug-likeness (QED) is 0.837. The number of H-pyrrole nitrogens is 1. The van der Waals surface area contributed by atoms with E-state index in [1.54, 1.807) is 12.1 Å². The van der Waals surface area contributed by atoms with Crippen molar-refractivity contribution >= 4 is 22.4 Å². The van der Waals surface area contributed by atoms with Crippen LogP contribution in [0.15, 0.2) is 24.3 Å². The second kappa shape index (κ2) is 3.51. The smallest absolute Gasteiger partial charge is 0.156 e. The summed E-state index contributed by atoms with van der Waals surface area (Å²) in [4.78, 5) is 19.0. The summed E-state index contributed by atoms with van der Waals surface area (Å²) < 4.78 is 13.1. The average Bonchev–Trinajstić information content (AvgIpc) is 2.77. The fraction of sp³-hybridized carbons (Fsp3) is 0.286. The Bertz CT molecular complexity index is 682. The second-order valence-corrected chi connectivity index (χ2v) is 5.33. The van der Waals surface area contributed by atoms with Gasteiger partial charge in [-0.2, -0.15) is 0 Å². The second-order valence-electron chi connectivity index (χ2n) is 5.33. The van der Waals surface area contributed by atoms with E-state index in [2.05, 4.69) is 9.97 Å². The summed E-state index contributed by atoms with van der Waals surface area (Å²) in [6.07, 6.45) is 2.13. The summed E-state index contributed by atoms with van der Waals surface area (Å²) >= 11 is 0. The van der Waals surface area contributed by atoms with E-state index in [0.29, 0.717) is 23.3 Å². The molecule has 18 heavy (non-hydrogen) atoms. The number of carbonyl (C=O) groups excluding carboxylic acids is 1. The molecule has 0 amide bonds. The van der Waals surface area contributed by atoms with Crippen LogP contribution in [0.3, 0.4) is 0 Å². The van der Waals surface area contributed by atoms with Gasteiger partial charge in [0.05, 0.1) is 11.0 Å². The highest BCUT2D eigenvalue weighted by Gasteiger charge is 2.34. The SMILES string of the molecule is CC1(C)CC(=O)C=C1c1nc2ccc(F)cc2[nH]1. The number of halogens is 1. The molecule has 0 bridgehead atoms. The van der Waals surface area contributed by atoms with Crippen LogP contribution in [-0.4, -0.2) is 15.8 Å². The first-order valence-corrected chi connectivity index (χ1v) is 5.86. The molecule has 0 radical (unpaired) electrons. The molecule has 3 nitrogen and oxygen atoms in total. The Morgan fingerprint density at radius 3 is 2.83 bits per heavy atom. The molecule has 0 aliphatic heterocycles. The third-order valence-electron chi connectivity index (χ3n) is 3.35. The topological polar surface area (TPSA) is 45.8 Å². The van der Waals surface area contributed by atoms with Crippen LogP contribution in [0, 0.1) is 11.2 Å². The number of aromatic nitrogens is 2. The van der Waals surface area contributed by atoms with Gasteiger partial charge in [0.15, 0.2) is 5.78 Å². The molecule has 1 aliphatic rings. The highest BCUT2D eigenvalue weighted by molar-refractivity contribution is 6.03. The summed E-state index contributed by atoms with van der Waals surface area (Å²) in [6, 6.07) is 4.43. The molecule has 1 aromatic heterocycles. The van der Waals surface area contributed by atoms with Crippen molar-refractivity contribution in [3.8, 4) is 0 Å². The molecular weight excluding hydrogens is 231 g/mol. The maximum absolute atomic E-state index is 13.1. The predicted molar refractivity (Wildman–Crippen MR) is 67.4 cm³/mol. The van der Waals surface area contributed by atoms with Gasteiger partial charge in [-0.1, -0.05) is 13.8 Å². The highest BCUT2D eigenvalue weighted by Crippen LogP contribution is 2.41. The first kappa shape index (κ1) is 11.1. The molecule has 3 rings (SSSR count). The van der Waals surface area contributed by atoms with E-state index in [1.165, 1.54) is 12.1 Å². The van der Waals surface area contributed by atoms with Gasteiger partial charge in [0.1, 0.15) is 11.6 Å². The van der Waals surface area contributed by atoms with Gasteiger partial charge >= 0.3 is 0 Å². The van der Waals surface area contributed by atoms with Gasteiger partial charge in [-0.3, -0.25) is 4.79 Å². The van der Waals surface area contributed by atoms with Gasteiger partial charge < -0.3 is 4.98 Å². The van der Waals surface area contributed by atoms with E-state index in [-0.39, 0.29) is 17.0 Å². The number of fused-ring (bicyclic) bond motifs is 1. The zero-order valence-electron chi connectivity index (χ0n) is 10.2. The summed E-state index contributed by atoms with van der Waals surface area (Å²) in [6.45, 7) is 4.02. The van der Waals surface area contributed by atoms with Gasteiger partial charge in [-0.05, 0) is 24.3 Å². The van der Waals surface area contributed by atoms with Gasteiger partial charge in [-0.25, -0.2) is 9.37 Å². The zero-order chi connectivity index (χ0) is 12.9. The van der Waals surface area contributed by atoms with Gasteiger partial charge in [-0.15, -0.1) is 0 Å². The van der Waals surface area contributed by atoms with Gasteiger partial charge in [0, 0.05) is 17.4 Å². The largest absolute Gasteiger partial charge is 0.338 e. The van der Waals surface area contributed by atoms with Crippen molar-refractivity contribution in [3.05, 3.63) is 35.9 Å². The number of allylic oxidation sites excluding steroid dienone is 2. The van der Waals surface area contributed by atoms with E-state index in [9.17, 15) is 9.18 Å². The van der Waals surface area contributed by atoms with E-state index in [0.717, 1.165) is 5.57 Å². The molecule has 0 unspecified atom stereocenters. The number of hydrogen-bond acceptors (Lipinski definition) is 2. The molecule has 0 spiro atoms. The number of benzene rings is 1. The lowest BCUT2D eigenvalue weighted by Gasteiger charge is -2.19. The molecule has 4 heteroatoms. The minimum absolute atomic E-state index is 0.113. The van der Waals surface area contributed by atoms with Crippen molar-refractivity contribution in [1.82, 2.24) is 9.97 Å². The number of aromatic amines is 1. The minimum Gasteiger partial charge on any atom is -0.338 e. The zero-order valence-corrected chi connectivity index (χ0v) is 10.2. The summed E-state index contributed by atoms with van der Waals surface area (Å²) in [5, 5.41) is 0. The highest BCUT2D eigenvalue weighted by atomic mass is 19.1. The third-order valence-corrected chi connectivity index (χ3v) is 3.35. The molecule has 1 aliphatic carbocycles. The van der Waals surface area contributed by atoms with Crippen LogP contribution in [0.2, 0.25) is 0 Å². The number of nitrogens with zero attached hydrogens (tertiary/aromatic N) is 1. The number of nitrogens with one attached hydrogen (secondary N) is 1. The van der Waals surface area contributed by atoms with E-state index >= 15 is 0 Å². The van der Waals surface area contributed by atoms with Crippen LogP contribution in [-0.2, 0) is 4.79 Å². The average molecular weight is 244 g/mol. The Labute approximate surface area is 104 Å². The lowest BCUT2D eigenvalue weighted by Crippen LogP contribution is -2.11. The number of hydrogen-bond donors (Lipinski definition) is 1. The molecule has 2 aromatic rings. The lowest BCUT2D eigenvalue weighted by atomic mass is 9.85. The standard InChI is InChI=1S/C14H13FN2O/c1-14(2)7-9(18)6-10(14)13-16-11-4-3-8(15)5-12(11)17-13/h3-6H,7H2,1-2H3,(H,16,17). The first-order chi connectivity index (χ1) is 8.45. The van der Waals surface area contributed by atoms with Crippen LogP contribution < -0.4 is 0 Å². The molecule has 0 saturated heterocycles. The molecule has 0 fully saturated rings. The normalized spacial score (nSPS) is 18.4. The van der Waals surface area contributed by atoms with Crippen molar-refractivity contribution in [1.29, 1.82) is 0 Å². The molecule has 0 atom stereocenters.